The van der Waals surface area contributed by atoms with Crippen molar-refractivity contribution in [1.82, 2.24) is 19.6 Å². The molecule has 10 heteroatoms. The quantitative estimate of drug-likeness (QED) is 0.321. The number of urea groups is 2. The molecule has 2 unspecified atom stereocenters. The minimum atomic E-state index is -0.522. The molecule has 0 radical (unpaired) electrons. The van der Waals surface area contributed by atoms with Crippen molar-refractivity contribution in [2.24, 2.45) is 0 Å². The van der Waals surface area contributed by atoms with E-state index in [1.807, 2.05) is 0 Å². The van der Waals surface area contributed by atoms with Gasteiger partial charge >= 0.3 is 12.1 Å². The highest BCUT2D eigenvalue weighted by atomic mass is 16.5. The van der Waals surface area contributed by atoms with Gasteiger partial charge in [0.2, 0.25) is 0 Å². The van der Waals surface area contributed by atoms with Crippen LogP contribution in [-0.2, 0) is 18.9 Å². The molecule has 0 aromatic carbocycles. The molecule has 4 amide bonds. The third-order valence-corrected chi connectivity index (χ3v) is 5.41. The molecule has 0 N–H and O–H groups in total. The highest BCUT2D eigenvalue weighted by molar-refractivity contribution is 5.85. The van der Waals surface area contributed by atoms with Gasteiger partial charge in [-0.3, -0.25) is 19.6 Å². The summed E-state index contributed by atoms with van der Waals surface area (Å²) < 4.78 is 22.5. The van der Waals surface area contributed by atoms with Crippen LogP contribution in [-0.4, -0.2) is 97.8 Å². The van der Waals surface area contributed by atoms with Gasteiger partial charge in [0.1, 0.15) is 26.9 Å². The van der Waals surface area contributed by atoms with Crippen LogP contribution in [0.1, 0.15) is 59.3 Å². The van der Waals surface area contributed by atoms with Gasteiger partial charge in [-0.1, -0.05) is 40.0 Å². The third kappa shape index (κ3) is 6.44. The molecular formula is C21H40N4O6. The van der Waals surface area contributed by atoms with Crippen molar-refractivity contribution in [2.45, 2.75) is 71.6 Å². The van der Waals surface area contributed by atoms with Crippen LogP contribution in [0.3, 0.4) is 0 Å². The number of hydrogen-bond acceptors (Lipinski definition) is 6. The van der Waals surface area contributed by atoms with Gasteiger partial charge in [0.05, 0.1) is 0 Å². The number of methoxy groups -OCH3 is 1. The van der Waals surface area contributed by atoms with Crippen LogP contribution in [0.15, 0.2) is 0 Å². The molecule has 2 rings (SSSR count). The molecule has 0 spiro atoms. The largest absolute Gasteiger partial charge is 0.364 e. The Balaban J connectivity index is 2.19. The van der Waals surface area contributed by atoms with Crippen molar-refractivity contribution >= 4 is 12.1 Å². The molecule has 31 heavy (non-hydrogen) atoms. The van der Waals surface area contributed by atoms with Gasteiger partial charge in [-0.2, -0.15) is 0 Å². The maximum absolute atomic E-state index is 13.3. The van der Waals surface area contributed by atoms with Gasteiger partial charge in [-0.25, -0.2) is 9.59 Å². The number of carbonyl (C=O) groups excluding carboxylic acids is 2. The van der Waals surface area contributed by atoms with E-state index in [0.29, 0.717) is 19.8 Å². The predicted octanol–water partition coefficient (Wildman–Crippen LogP) is 3.04. The lowest BCUT2D eigenvalue weighted by Crippen LogP contribution is -2.48. The maximum Gasteiger partial charge on any atom is 0.327 e. The Morgan fingerprint density at radius 2 is 0.935 bits per heavy atom. The summed E-state index contributed by atoms with van der Waals surface area (Å²) in [6.45, 7) is 8.37. The number of carbonyl (C=O) groups is 2. The molecule has 0 bridgehead atoms. The SMILES string of the molecule is CCCCOCN1C(=O)N(COCCCC)C2C1N(COC)C(=O)N2COCCCC. The average Bonchev–Trinajstić information content (AvgIpc) is 3.18. The van der Waals surface area contributed by atoms with Crippen molar-refractivity contribution in [2.75, 3.05) is 53.9 Å². The van der Waals surface area contributed by atoms with E-state index in [-0.39, 0.29) is 39.0 Å². The number of fused-ring (bicyclic) bond motifs is 1. The van der Waals surface area contributed by atoms with Crippen molar-refractivity contribution in [3.63, 3.8) is 0 Å². The fraction of sp³-hybridized carbons (Fsp3) is 0.905. The number of amides is 4. The van der Waals surface area contributed by atoms with Crippen LogP contribution >= 0.6 is 0 Å². The molecule has 2 saturated heterocycles. The third-order valence-electron chi connectivity index (χ3n) is 5.41. The summed E-state index contributed by atoms with van der Waals surface area (Å²) in [6.07, 6.45) is 4.73. The zero-order chi connectivity index (χ0) is 22.6. The second-order valence-corrected chi connectivity index (χ2v) is 7.86. The monoisotopic (exact) mass is 444 g/mol. The number of rotatable bonds is 17. The van der Waals surface area contributed by atoms with Crippen LogP contribution in [0.25, 0.3) is 0 Å². The fourth-order valence-corrected chi connectivity index (χ4v) is 3.66. The minimum absolute atomic E-state index is 0.0781. The van der Waals surface area contributed by atoms with E-state index in [2.05, 4.69) is 20.8 Å². The molecule has 2 fully saturated rings. The van der Waals surface area contributed by atoms with Gasteiger partial charge in [0.25, 0.3) is 0 Å². The second-order valence-electron chi connectivity index (χ2n) is 7.86. The average molecular weight is 445 g/mol. The fourth-order valence-electron chi connectivity index (χ4n) is 3.66. The molecule has 2 aliphatic heterocycles. The highest BCUT2D eigenvalue weighted by Gasteiger charge is 2.59. The molecule has 180 valence electrons. The number of nitrogens with zero attached hydrogens (tertiary/aromatic N) is 4. The molecule has 2 aliphatic rings. The van der Waals surface area contributed by atoms with Crippen molar-refractivity contribution in [3.05, 3.63) is 0 Å². The molecule has 0 aliphatic carbocycles. The predicted molar refractivity (Wildman–Crippen MR) is 115 cm³/mol. The highest BCUT2D eigenvalue weighted by Crippen LogP contribution is 2.35. The summed E-state index contributed by atoms with van der Waals surface area (Å²) in [5, 5.41) is 0. The van der Waals surface area contributed by atoms with E-state index < -0.39 is 12.3 Å². The first-order chi connectivity index (χ1) is 15.1. The van der Waals surface area contributed by atoms with Gasteiger partial charge in [0, 0.05) is 26.9 Å². The van der Waals surface area contributed by atoms with Gasteiger partial charge in [-0.05, 0) is 19.3 Å². The van der Waals surface area contributed by atoms with Gasteiger partial charge < -0.3 is 18.9 Å². The number of hydrogen-bond donors (Lipinski definition) is 0. The number of unbranched alkanes of at least 4 members (excludes halogenated alkanes) is 3. The molecule has 10 nitrogen and oxygen atoms in total. The Morgan fingerprint density at radius 1 is 0.613 bits per heavy atom. The normalized spacial score (nSPS) is 21.0. The van der Waals surface area contributed by atoms with E-state index in [1.165, 1.54) is 7.11 Å². The summed E-state index contributed by atoms with van der Waals surface area (Å²) in [4.78, 5) is 32.8. The van der Waals surface area contributed by atoms with Crippen LogP contribution in [0, 0.1) is 0 Å². The first-order valence-corrected chi connectivity index (χ1v) is 11.5. The smallest absolute Gasteiger partial charge is 0.327 e. The van der Waals surface area contributed by atoms with Gasteiger partial charge in [-0.15, -0.1) is 0 Å². The summed E-state index contributed by atoms with van der Waals surface area (Å²) in [5.74, 6) is 0. The van der Waals surface area contributed by atoms with Crippen LogP contribution in [0.4, 0.5) is 9.59 Å². The lowest BCUT2D eigenvalue weighted by atomic mass is 10.3. The second kappa shape index (κ2) is 13.7. The Morgan fingerprint density at radius 3 is 1.23 bits per heavy atom. The van der Waals surface area contributed by atoms with E-state index >= 15 is 0 Å². The maximum atomic E-state index is 13.3. The molecule has 0 aromatic rings. The first kappa shape index (κ1) is 25.6. The lowest BCUT2D eigenvalue weighted by molar-refractivity contribution is -0.0328. The Bertz CT molecular complexity index is 542. The molecule has 2 heterocycles. The standard InChI is InChI=1S/C21H40N4O6/c1-5-8-11-29-15-23-18-19(25(21(23)27)17-31-13-10-7-3)24(16-30-12-9-6-2)20(26)22(18)14-28-4/h18-19H,5-17H2,1-4H3. The Labute approximate surface area is 186 Å². The van der Waals surface area contributed by atoms with Crippen LogP contribution in [0.2, 0.25) is 0 Å². The zero-order valence-electron chi connectivity index (χ0n) is 19.6. The zero-order valence-corrected chi connectivity index (χ0v) is 19.6. The summed E-state index contributed by atoms with van der Waals surface area (Å²) in [6, 6.07) is -0.437. The summed E-state index contributed by atoms with van der Waals surface area (Å²) in [7, 11) is 1.53. The van der Waals surface area contributed by atoms with Crippen molar-refractivity contribution in [3.8, 4) is 0 Å². The Hall–Kier alpha value is -1.62. The molecule has 0 saturated carbocycles. The van der Waals surface area contributed by atoms with Crippen molar-refractivity contribution < 1.29 is 28.5 Å². The molecule has 0 aromatic heterocycles. The minimum Gasteiger partial charge on any atom is -0.364 e. The number of ether oxygens (including phenoxy) is 4. The lowest BCUT2D eigenvalue weighted by Gasteiger charge is -2.29. The molecular weight excluding hydrogens is 404 g/mol. The topological polar surface area (TPSA) is 84.0 Å². The van der Waals surface area contributed by atoms with E-state index in [9.17, 15) is 9.59 Å². The van der Waals surface area contributed by atoms with E-state index in [1.54, 1.807) is 19.6 Å². The van der Waals surface area contributed by atoms with Crippen molar-refractivity contribution in [1.29, 1.82) is 0 Å². The van der Waals surface area contributed by atoms with E-state index in [4.69, 9.17) is 18.9 Å². The molecule has 2 atom stereocenters. The Kier molecular flexibility index (Phi) is 11.3. The van der Waals surface area contributed by atoms with Crippen LogP contribution in [0.5, 0.6) is 0 Å². The van der Waals surface area contributed by atoms with E-state index in [0.717, 1.165) is 38.5 Å². The van der Waals surface area contributed by atoms with Gasteiger partial charge in [0.15, 0.2) is 12.3 Å². The summed E-state index contributed by atoms with van der Waals surface area (Å²) in [5.41, 5.74) is 0. The summed E-state index contributed by atoms with van der Waals surface area (Å²) >= 11 is 0. The first-order valence-electron chi connectivity index (χ1n) is 11.5. The van der Waals surface area contributed by atoms with Crippen LogP contribution < -0.4 is 0 Å².